The first kappa shape index (κ1) is 17.5. The topological polar surface area (TPSA) is 91.4 Å². The molecule has 0 aliphatic carbocycles. The predicted molar refractivity (Wildman–Crippen MR) is 100 cm³/mol. The molecule has 2 aliphatic rings. The van der Waals surface area contributed by atoms with Crippen molar-refractivity contribution in [3.05, 3.63) is 46.6 Å². The van der Waals surface area contributed by atoms with Crippen molar-refractivity contribution < 1.29 is 9.53 Å². The van der Waals surface area contributed by atoms with Crippen LogP contribution in [0.1, 0.15) is 36.0 Å². The highest BCUT2D eigenvalue weighted by atomic mass is 16.5. The Balaban J connectivity index is 1.38. The highest BCUT2D eigenvalue weighted by Crippen LogP contribution is 2.23. The number of rotatable bonds is 4. The summed E-state index contributed by atoms with van der Waals surface area (Å²) in [5.74, 6) is 1.29. The highest BCUT2D eigenvalue weighted by molar-refractivity contribution is 5.94. The van der Waals surface area contributed by atoms with Gasteiger partial charge in [-0.1, -0.05) is 0 Å². The largest absolute Gasteiger partial charge is 0.472 e. The Labute approximate surface area is 157 Å². The van der Waals surface area contributed by atoms with Gasteiger partial charge in [0, 0.05) is 49.9 Å². The molecule has 1 unspecified atom stereocenters. The Hall–Kier alpha value is -2.90. The Morgan fingerprint density at radius 1 is 1.15 bits per heavy atom. The second kappa shape index (κ2) is 7.77. The van der Waals surface area contributed by atoms with E-state index in [0.717, 1.165) is 25.3 Å². The molecule has 4 rings (SSSR count). The molecule has 0 spiro atoms. The van der Waals surface area contributed by atoms with Crippen LogP contribution in [0.3, 0.4) is 0 Å². The number of pyridine rings is 1. The third kappa shape index (κ3) is 4.10. The molecule has 2 fully saturated rings. The number of amides is 1. The van der Waals surface area contributed by atoms with Gasteiger partial charge in [-0.05, 0) is 25.3 Å². The molecule has 0 aromatic carbocycles. The summed E-state index contributed by atoms with van der Waals surface area (Å²) in [6.07, 6.45) is 7.28. The number of nitrogens with zero attached hydrogens (tertiary/aromatic N) is 4. The summed E-state index contributed by atoms with van der Waals surface area (Å²) < 4.78 is 6.01. The maximum Gasteiger partial charge on any atom is 0.254 e. The van der Waals surface area contributed by atoms with E-state index in [1.54, 1.807) is 11.0 Å². The summed E-state index contributed by atoms with van der Waals surface area (Å²) in [6.45, 7) is 3.10. The van der Waals surface area contributed by atoms with Gasteiger partial charge in [0.1, 0.15) is 18.2 Å². The molecule has 142 valence electrons. The molecule has 0 bridgehead atoms. The van der Waals surface area contributed by atoms with E-state index in [9.17, 15) is 9.59 Å². The lowest BCUT2D eigenvalue weighted by molar-refractivity contribution is 0.0771. The maximum atomic E-state index is 12.5. The molecule has 0 saturated carbocycles. The lowest BCUT2D eigenvalue weighted by Crippen LogP contribution is -2.32. The number of carbonyl (C=O) groups is 1. The van der Waals surface area contributed by atoms with Crippen LogP contribution in [-0.4, -0.2) is 58.0 Å². The number of hydrogen-bond donors (Lipinski definition) is 1. The van der Waals surface area contributed by atoms with Crippen LogP contribution in [0.5, 0.6) is 5.88 Å². The van der Waals surface area contributed by atoms with Crippen LogP contribution in [-0.2, 0) is 0 Å². The van der Waals surface area contributed by atoms with E-state index < -0.39 is 0 Å². The van der Waals surface area contributed by atoms with Crippen molar-refractivity contribution >= 4 is 11.7 Å². The average Bonchev–Trinajstić information content (AvgIpc) is 3.17. The molecule has 1 N–H and O–H groups in total. The number of likely N-dealkylation sites (tertiary alicyclic amines) is 1. The fourth-order valence-corrected chi connectivity index (χ4v) is 3.63. The molecular formula is C19H23N5O3. The number of hydrogen-bond acceptors (Lipinski definition) is 6. The Morgan fingerprint density at radius 3 is 2.81 bits per heavy atom. The fourth-order valence-electron chi connectivity index (χ4n) is 3.63. The Bertz CT molecular complexity index is 862. The smallest absolute Gasteiger partial charge is 0.254 e. The van der Waals surface area contributed by atoms with Crippen molar-refractivity contribution in [2.75, 3.05) is 31.1 Å². The van der Waals surface area contributed by atoms with E-state index in [0.29, 0.717) is 24.5 Å². The van der Waals surface area contributed by atoms with Gasteiger partial charge in [-0.25, -0.2) is 9.97 Å². The van der Waals surface area contributed by atoms with Gasteiger partial charge in [-0.2, -0.15) is 0 Å². The summed E-state index contributed by atoms with van der Waals surface area (Å²) in [5, 5.41) is 0. The van der Waals surface area contributed by atoms with Crippen LogP contribution in [0.4, 0.5) is 5.82 Å². The van der Waals surface area contributed by atoms with Crippen molar-refractivity contribution in [3.63, 3.8) is 0 Å². The Morgan fingerprint density at radius 2 is 2.00 bits per heavy atom. The number of aromatic amines is 1. The van der Waals surface area contributed by atoms with E-state index >= 15 is 0 Å². The maximum absolute atomic E-state index is 12.5. The minimum absolute atomic E-state index is 0.111. The third-order valence-electron chi connectivity index (χ3n) is 5.05. The van der Waals surface area contributed by atoms with E-state index in [1.807, 2.05) is 6.07 Å². The summed E-state index contributed by atoms with van der Waals surface area (Å²) in [5.41, 5.74) is 0.118. The SMILES string of the molecule is O=C(c1cc[nH]c(=O)c1)N1CCC(Oc2cc(N3CCCCC3)ncn2)C1. The van der Waals surface area contributed by atoms with Crippen molar-refractivity contribution in [2.45, 2.75) is 31.8 Å². The van der Waals surface area contributed by atoms with E-state index in [-0.39, 0.29) is 17.6 Å². The summed E-state index contributed by atoms with van der Waals surface area (Å²) in [7, 11) is 0. The number of carbonyl (C=O) groups excluding carboxylic acids is 1. The predicted octanol–water partition coefficient (Wildman–Crippen LogP) is 1.45. The van der Waals surface area contributed by atoms with Crippen LogP contribution in [0, 0.1) is 0 Å². The monoisotopic (exact) mass is 369 g/mol. The number of aromatic nitrogens is 3. The number of ether oxygens (including phenoxy) is 1. The molecule has 1 amide bonds. The van der Waals surface area contributed by atoms with Crippen LogP contribution >= 0.6 is 0 Å². The van der Waals surface area contributed by atoms with Gasteiger partial charge in [0.25, 0.3) is 5.91 Å². The normalized spacial score (nSPS) is 19.9. The van der Waals surface area contributed by atoms with E-state index in [1.165, 1.54) is 37.9 Å². The van der Waals surface area contributed by atoms with Crippen LogP contribution < -0.4 is 15.2 Å². The number of anilines is 1. The van der Waals surface area contributed by atoms with Crippen LogP contribution in [0.25, 0.3) is 0 Å². The lowest BCUT2D eigenvalue weighted by Gasteiger charge is -2.27. The highest BCUT2D eigenvalue weighted by Gasteiger charge is 2.29. The first-order valence-electron chi connectivity index (χ1n) is 9.41. The quantitative estimate of drug-likeness (QED) is 0.877. The van der Waals surface area contributed by atoms with Gasteiger partial charge in [-0.3, -0.25) is 9.59 Å². The molecule has 2 saturated heterocycles. The molecule has 2 aromatic heterocycles. The minimum Gasteiger partial charge on any atom is -0.472 e. The molecule has 2 aliphatic heterocycles. The van der Waals surface area contributed by atoms with Crippen LogP contribution in [0.15, 0.2) is 35.5 Å². The lowest BCUT2D eigenvalue weighted by atomic mass is 10.1. The number of nitrogens with one attached hydrogen (secondary N) is 1. The standard InChI is InChI=1S/C19H23N5O3/c25-17-10-14(4-6-20-17)19(26)24-9-5-15(12-24)27-18-11-16(21-13-22-18)23-7-2-1-3-8-23/h4,6,10-11,13,15H,1-3,5,7-9,12H2,(H,20,25). The molecular weight excluding hydrogens is 346 g/mol. The summed E-state index contributed by atoms with van der Waals surface area (Å²) in [6, 6.07) is 4.83. The first-order chi connectivity index (χ1) is 13.2. The molecule has 27 heavy (non-hydrogen) atoms. The van der Waals surface area contributed by atoms with Crippen molar-refractivity contribution in [1.29, 1.82) is 0 Å². The van der Waals surface area contributed by atoms with Crippen LogP contribution in [0.2, 0.25) is 0 Å². The zero-order valence-corrected chi connectivity index (χ0v) is 15.1. The summed E-state index contributed by atoms with van der Waals surface area (Å²) >= 11 is 0. The van der Waals surface area contributed by atoms with Crippen molar-refractivity contribution in [2.24, 2.45) is 0 Å². The average molecular weight is 369 g/mol. The second-order valence-electron chi connectivity index (χ2n) is 6.98. The molecule has 4 heterocycles. The zero-order valence-electron chi connectivity index (χ0n) is 15.1. The van der Waals surface area contributed by atoms with Crippen molar-refractivity contribution in [1.82, 2.24) is 19.9 Å². The molecule has 2 aromatic rings. The molecule has 1 atom stereocenters. The van der Waals surface area contributed by atoms with Gasteiger partial charge in [0.2, 0.25) is 11.4 Å². The van der Waals surface area contributed by atoms with Gasteiger partial charge in [0.05, 0.1) is 6.54 Å². The van der Waals surface area contributed by atoms with Gasteiger partial charge >= 0.3 is 0 Å². The van der Waals surface area contributed by atoms with Gasteiger partial charge < -0.3 is 19.5 Å². The number of piperidine rings is 1. The van der Waals surface area contributed by atoms with E-state index in [4.69, 9.17) is 4.74 Å². The minimum atomic E-state index is -0.279. The zero-order chi connectivity index (χ0) is 18.6. The van der Waals surface area contributed by atoms with E-state index in [2.05, 4.69) is 19.9 Å². The first-order valence-corrected chi connectivity index (χ1v) is 9.41. The second-order valence-corrected chi connectivity index (χ2v) is 6.98. The third-order valence-corrected chi connectivity index (χ3v) is 5.05. The number of H-pyrrole nitrogens is 1. The fraction of sp³-hybridized carbons (Fsp3) is 0.474. The van der Waals surface area contributed by atoms with Gasteiger partial charge in [0.15, 0.2) is 0 Å². The summed E-state index contributed by atoms with van der Waals surface area (Å²) in [4.78, 5) is 39.0. The Kier molecular flexibility index (Phi) is 5.04. The van der Waals surface area contributed by atoms with Crippen molar-refractivity contribution in [3.8, 4) is 5.88 Å². The van der Waals surface area contributed by atoms with Gasteiger partial charge in [-0.15, -0.1) is 0 Å². The molecule has 8 nitrogen and oxygen atoms in total. The molecule has 0 radical (unpaired) electrons. The molecule has 8 heteroatoms.